The van der Waals surface area contributed by atoms with Crippen LogP contribution >= 0.6 is 0 Å². The van der Waals surface area contributed by atoms with Gasteiger partial charge in [-0.2, -0.15) is 10.5 Å². The first-order valence-electron chi connectivity index (χ1n) is 6.61. The van der Waals surface area contributed by atoms with Crippen molar-refractivity contribution in [2.75, 3.05) is 0 Å². The maximum Gasteiger partial charge on any atom is 0.267 e. The molecule has 19 heavy (non-hydrogen) atoms. The molecule has 98 valence electrons. The van der Waals surface area contributed by atoms with Gasteiger partial charge in [0, 0.05) is 11.6 Å². The van der Waals surface area contributed by atoms with E-state index in [1.807, 2.05) is 6.07 Å². The number of hydrogen-bond donors (Lipinski definition) is 1. The monoisotopic (exact) mass is 255 g/mol. The molecule has 1 aromatic heterocycles. The number of aromatic amines is 1. The molecule has 1 aliphatic rings. The third-order valence-electron chi connectivity index (χ3n) is 4.09. The lowest BCUT2D eigenvalue weighted by Gasteiger charge is -2.32. The number of hydrogen-bond acceptors (Lipinski definition) is 3. The SMILES string of the molecule is CC(C)[C@H]1CC[C@H](C)c2c1[nH]c(=O)c(C#N)c2C#N. The molecule has 0 unspecified atom stereocenters. The third kappa shape index (κ3) is 2.04. The second kappa shape index (κ2) is 4.90. The molecule has 1 heterocycles. The lowest BCUT2D eigenvalue weighted by molar-refractivity contribution is 0.399. The van der Waals surface area contributed by atoms with Crippen LogP contribution < -0.4 is 5.56 Å². The molecule has 0 aromatic carbocycles. The van der Waals surface area contributed by atoms with Crippen LogP contribution in [0.5, 0.6) is 0 Å². The lowest BCUT2D eigenvalue weighted by Crippen LogP contribution is -2.26. The molecule has 0 saturated heterocycles. The molecule has 1 aliphatic carbocycles. The van der Waals surface area contributed by atoms with Gasteiger partial charge in [0.1, 0.15) is 17.7 Å². The van der Waals surface area contributed by atoms with E-state index < -0.39 is 5.56 Å². The molecule has 0 fully saturated rings. The van der Waals surface area contributed by atoms with E-state index in [1.165, 1.54) is 0 Å². The lowest BCUT2D eigenvalue weighted by atomic mass is 9.74. The highest BCUT2D eigenvalue weighted by Crippen LogP contribution is 2.42. The Labute approximate surface area is 112 Å². The van der Waals surface area contributed by atoms with Crippen molar-refractivity contribution in [2.45, 2.75) is 45.4 Å². The van der Waals surface area contributed by atoms with Crippen molar-refractivity contribution in [1.82, 2.24) is 4.98 Å². The molecule has 2 rings (SSSR count). The van der Waals surface area contributed by atoms with Crippen LogP contribution in [-0.2, 0) is 0 Å². The van der Waals surface area contributed by atoms with E-state index in [1.54, 1.807) is 0 Å². The van der Waals surface area contributed by atoms with Crippen molar-refractivity contribution in [1.29, 1.82) is 10.5 Å². The van der Waals surface area contributed by atoms with Crippen molar-refractivity contribution in [3.05, 3.63) is 32.7 Å². The van der Waals surface area contributed by atoms with E-state index in [4.69, 9.17) is 5.26 Å². The molecule has 0 spiro atoms. The van der Waals surface area contributed by atoms with E-state index in [0.29, 0.717) is 5.92 Å². The molecule has 0 saturated carbocycles. The second-order valence-electron chi connectivity index (χ2n) is 5.58. The molecule has 2 atom stereocenters. The summed E-state index contributed by atoms with van der Waals surface area (Å²) in [5, 5.41) is 18.4. The van der Waals surface area contributed by atoms with Gasteiger partial charge in [-0.05, 0) is 30.2 Å². The fourth-order valence-electron chi connectivity index (χ4n) is 3.05. The smallest absolute Gasteiger partial charge is 0.267 e. The zero-order valence-corrected chi connectivity index (χ0v) is 11.4. The molecule has 4 nitrogen and oxygen atoms in total. The highest BCUT2D eigenvalue weighted by Gasteiger charge is 2.31. The molecule has 0 amide bonds. The van der Waals surface area contributed by atoms with Crippen molar-refractivity contribution in [3.8, 4) is 12.1 Å². The summed E-state index contributed by atoms with van der Waals surface area (Å²) in [4.78, 5) is 14.8. The van der Waals surface area contributed by atoms with Crippen LogP contribution in [0.1, 0.15) is 67.8 Å². The topological polar surface area (TPSA) is 80.4 Å². The Balaban J connectivity index is 2.81. The van der Waals surface area contributed by atoms with Crippen LogP contribution in [0.2, 0.25) is 0 Å². The van der Waals surface area contributed by atoms with Gasteiger partial charge < -0.3 is 4.98 Å². The third-order valence-corrected chi connectivity index (χ3v) is 4.09. The maximum absolute atomic E-state index is 11.9. The van der Waals surface area contributed by atoms with Gasteiger partial charge in [0.25, 0.3) is 5.56 Å². The minimum Gasteiger partial charge on any atom is -0.324 e. The van der Waals surface area contributed by atoms with Crippen molar-refractivity contribution in [2.24, 2.45) is 5.92 Å². The Morgan fingerprint density at radius 3 is 2.37 bits per heavy atom. The van der Waals surface area contributed by atoms with Crippen LogP contribution in [0.3, 0.4) is 0 Å². The number of aromatic nitrogens is 1. The Morgan fingerprint density at radius 2 is 1.84 bits per heavy atom. The minimum absolute atomic E-state index is 0.0440. The van der Waals surface area contributed by atoms with E-state index in [9.17, 15) is 10.1 Å². The molecule has 1 N–H and O–H groups in total. The summed E-state index contributed by atoms with van der Waals surface area (Å²) in [5.74, 6) is 0.878. The van der Waals surface area contributed by atoms with Gasteiger partial charge in [0.15, 0.2) is 0 Å². The summed E-state index contributed by atoms with van der Waals surface area (Å²) >= 11 is 0. The second-order valence-corrected chi connectivity index (χ2v) is 5.58. The average Bonchev–Trinajstić information content (AvgIpc) is 2.37. The van der Waals surface area contributed by atoms with E-state index in [-0.39, 0.29) is 23.0 Å². The highest BCUT2D eigenvalue weighted by atomic mass is 16.1. The summed E-state index contributed by atoms with van der Waals surface area (Å²) < 4.78 is 0. The number of fused-ring (bicyclic) bond motifs is 1. The number of H-pyrrole nitrogens is 1. The van der Waals surface area contributed by atoms with E-state index >= 15 is 0 Å². The largest absolute Gasteiger partial charge is 0.324 e. The van der Waals surface area contributed by atoms with E-state index in [2.05, 4.69) is 31.8 Å². The van der Waals surface area contributed by atoms with Gasteiger partial charge in [-0.15, -0.1) is 0 Å². The van der Waals surface area contributed by atoms with Crippen LogP contribution in [0.4, 0.5) is 0 Å². The van der Waals surface area contributed by atoms with Gasteiger partial charge in [-0.25, -0.2) is 0 Å². The number of nitrogens with one attached hydrogen (secondary N) is 1. The Morgan fingerprint density at radius 1 is 1.21 bits per heavy atom. The Hall–Kier alpha value is -2.07. The number of nitrogens with zero attached hydrogens (tertiary/aromatic N) is 2. The van der Waals surface area contributed by atoms with Gasteiger partial charge in [-0.1, -0.05) is 20.8 Å². The molecule has 0 radical (unpaired) electrons. The normalized spacial score (nSPS) is 21.6. The highest BCUT2D eigenvalue weighted by molar-refractivity contribution is 5.53. The van der Waals surface area contributed by atoms with Gasteiger partial charge in [0.05, 0.1) is 5.56 Å². The minimum atomic E-state index is -0.433. The summed E-state index contributed by atoms with van der Waals surface area (Å²) in [5.41, 5.74) is 1.55. The molecular weight excluding hydrogens is 238 g/mol. The maximum atomic E-state index is 11.9. The predicted molar refractivity (Wildman–Crippen MR) is 71.7 cm³/mol. The van der Waals surface area contributed by atoms with Gasteiger partial charge >= 0.3 is 0 Å². The summed E-state index contributed by atoms with van der Waals surface area (Å²) in [6.45, 7) is 6.29. The summed E-state index contributed by atoms with van der Waals surface area (Å²) in [7, 11) is 0. The average molecular weight is 255 g/mol. The first kappa shape index (κ1) is 13.4. The van der Waals surface area contributed by atoms with Crippen molar-refractivity contribution < 1.29 is 0 Å². The summed E-state index contributed by atoms with van der Waals surface area (Å²) in [6.07, 6.45) is 2.00. The van der Waals surface area contributed by atoms with Gasteiger partial charge in [-0.3, -0.25) is 4.79 Å². The number of rotatable bonds is 1. The number of nitriles is 2. The fourth-order valence-corrected chi connectivity index (χ4v) is 3.05. The standard InChI is InChI=1S/C15H17N3O/c1-8(2)10-5-4-9(3)13-11(6-16)12(7-17)15(19)18-14(10)13/h8-10H,4-5H2,1-3H3,(H,18,19)/t9-,10+/m0/s1. The summed E-state index contributed by atoms with van der Waals surface area (Å²) in [6, 6.07) is 3.93. The molecule has 4 heteroatoms. The molecular formula is C15H17N3O. The molecule has 1 aromatic rings. The van der Waals surface area contributed by atoms with Crippen molar-refractivity contribution >= 4 is 0 Å². The molecule has 0 bridgehead atoms. The zero-order chi connectivity index (χ0) is 14.2. The zero-order valence-electron chi connectivity index (χ0n) is 11.4. The fraction of sp³-hybridized carbons (Fsp3) is 0.533. The predicted octanol–water partition coefficient (Wildman–Crippen LogP) is 2.76. The number of pyridine rings is 1. The van der Waals surface area contributed by atoms with Crippen LogP contribution in [0.15, 0.2) is 4.79 Å². The van der Waals surface area contributed by atoms with Crippen LogP contribution in [-0.4, -0.2) is 4.98 Å². The first-order valence-corrected chi connectivity index (χ1v) is 6.61. The first-order chi connectivity index (χ1) is 9.01. The van der Waals surface area contributed by atoms with Gasteiger partial charge in [0.2, 0.25) is 0 Å². The van der Waals surface area contributed by atoms with Crippen LogP contribution in [0, 0.1) is 28.6 Å². The van der Waals surface area contributed by atoms with Crippen molar-refractivity contribution in [3.63, 3.8) is 0 Å². The molecule has 0 aliphatic heterocycles. The Kier molecular flexibility index (Phi) is 3.44. The van der Waals surface area contributed by atoms with E-state index in [0.717, 1.165) is 24.1 Å². The van der Waals surface area contributed by atoms with Crippen LogP contribution in [0.25, 0.3) is 0 Å². The Bertz CT molecular complexity index is 643. The quantitative estimate of drug-likeness (QED) is 0.837.